The molecule has 3 aromatic rings. The van der Waals surface area contributed by atoms with Gasteiger partial charge in [0.25, 0.3) is 0 Å². The highest BCUT2D eigenvalue weighted by Gasteiger charge is 2.16. The number of pyridine rings is 1. The Morgan fingerprint density at radius 1 is 0.833 bits per heavy atom. The Bertz CT molecular complexity index is 923. The fraction of sp³-hybridized carbons (Fsp3) is 0.250. The molecule has 154 valence electrons. The summed E-state index contributed by atoms with van der Waals surface area (Å²) < 4.78 is 0. The van der Waals surface area contributed by atoms with Crippen molar-refractivity contribution in [2.24, 2.45) is 0 Å². The van der Waals surface area contributed by atoms with Crippen LogP contribution in [0, 0.1) is 0 Å². The number of benzene rings is 2. The molecule has 1 aliphatic rings. The van der Waals surface area contributed by atoms with Crippen molar-refractivity contribution in [1.29, 1.82) is 0 Å². The number of hydrogen-bond acceptors (Lipinski definition) is 4. The summed E-state index contributed by atoms with van der Waals surface area (Å²) in [5.74, 6) is 0. The van der Waals surface area contributed by atoms with Gasteiger partial charge in [-0.05, 0) is 48.4 Å². The van der Waals surface area contributed by atoms with Crippen LogP contribution in [-0.2, 0) is 6.42 Å². The Labute approximate surface area is 177 Å². The van der Waals surface area contributed by atoms with Gasteiger partial charge in [0.2, 0.25) is 0 Å². The van der Waals surface area contributed by atoms with Crippen molar-refractivity contribution in [3.8, 4) is 0 Å². The molecule has 1 fully saturated rings. The van der Waals surface area contributed by atoms with Crippen molar-refractivity contribution < 1.29 is 4.79 Å². The van der Waals surface area contributed by atoms with Crippen LogP contribution >= 0.6 is 0 Å². The molecule has 2 heterocycles. The van der Waals surface area contributed by atoms with Gasteiger partial charge >= 0.3 is 6.03 Å². The molecule has 0 saturated carbocycles. The lowest BCUT2D eigenvalue weighted by Gasteiger charge is -2.36. The molecule has 30 heavy (non-hydrogen) atoms. The Balaban J connectivity index is 1.20. The lowest BCUT2D eigenvalue weighted by atomic mass is 10.1. The third-order valence-corrected chi connectivity index (χ3v) is 5.34. The molecule has 1 aliphatic heterocycles. The van der Waals surface area contributed by atoms with Crippen molar-refractivity contribution in [1.82, 2.24) is 9.88 Å². The summed E-state index contributed by atoms with van der Waals surface area (Å²) >= 11 is 0. The first-order chi connectivity index (χ1) is 14.8. The van der Waals surface area contributed by atoms with Crippen LogP contribution in [0.4, 0.5) is 21.9 Å². The van der Waals surface area contributed by atoms with Crippen LogP contribution in [0.15, 0.2) is 79.1 Å². The number of rotatable bonds is 6. The van der Waals surface area contributed by atoms with Crippen LogP contribution in [0.5, 0.6) is 0 Å². The minimum Gasteiger partial charge on any atom is -0.369 e. The lowest BCUT2D eigenvalue weighted by Crippen LogP contribution is -2.46. The summed E-state index contributed by atoms with van der Waals surface area (Å²) in [6, 6.07) is 22.0. The van der Waals surface area contributed by atoms with E-state index in [4.69, 9.17) is 0 Å². The number of nitrogens with zero attached hydrogens (tertiary/aromatic N) is 3. The van der Waals surface area contributed by atoms with E-state index in [0.717, 1.165) is 44.8 Å². The second kappa shape index (κ2) is 9.89. The summed E-state index contributed by atoms with van der Waals surface area (Å²) in [4.78, 5) is 21.0. The van der Waals surface area contributed by atoms with Crippen molar-refractivity contribution in [3.05, 3.63) is 84.7 Å². The summed E-state index contributed by atoms with van der Waals surface area (Å²) in [6.45, 7) is 5.36. The van der Waals surface area contributed by atoms with Gasteiger partial charge in [-0.1, -0.05) is 30.3 Å². The van der Waals surface area contributed by atoms with Crippen LogP contribution in [0.2, 0.25) is 0 Å². The number of aromatic nitrogens is 1. The first kappa shape index (κ1) is 19.9. The number of para-hydroxylation sites is 1. The van der Waals surface area contributed by atoms with Gasteiger partial charge in [-0.25, -0.2) is 4.79 Å². The van der Waals surface area contributed by atoms with E-state index in [2.05, 4.69) is 67.9 Å². The fourth-order valence-electron chi connectivity index (χ4n) is 3.64. The van der Waals surface area contributed by atoms with Crippen molar-refractivity contribution >= 4 is 23.1 Å². The molecule has 2 amide bonds. The van der Waals surface area contributed by atoms with E-state index in [0.29, 0.717) is 5.69 Å². The zero-order valence-corrected chi connectivity index (χ0v) is 17.0. The van der Waals surface area contributed by atoms with E-state index in [9.17, 15) is 4.79 Å². The van der Waals surface area contributed by atoms with Gasteiger partial charge < -0.3 is 15.5 Å². The minimum atomic E-state index is -0.271. The molecule has 0 atom stereocenters. The Morgan fingerprint density at radius 3 is 2.27 bits per heavy atom. The van der Waals surface area contributed by atoms with Gasteiger partial charge in [0.15, 0.2) is 0 Å². The van der Waals surface area contributed by atoms with Crippen LogP contribution in [-0.4, -0.2) is 48.6 Å². The quantitative estimate of drug-likeness (QED) is 0.653. The van der Waals surface area contributed by atoms with Gasteiger partial charge in [0.05, 0.1) is 11.9 Å². The molecule has 1 saturated heterocycles. The predicted molar refractivity (Wildman–Crippen MR) is 122 cm³/mol. The SMILES string of the molecule is O=C(Nc1ccc(CCN2CCN(c3ccccc3)CC2)cc1)Nc1cccnc1. The Kier molecular flexibility index (Phi) is 6.57. The number of nitrogens with one attached hydrogen (secondary N) is 2. The number of urea groups is 1. The molecule has 6 heteroatoms. The second-order valence-electron chi connectivity index (χ2n) is 7.43. The van der Waals surface area contributed by atoms with Crippen LogP contribution in [0.1, 0.15) is 5.56 Å². The Morgan fingerprint density at radius 2 is 1.57 bits per heavy atom. The maximum atomic E-state index is 12.1. The molecule has 0 unspecified atom stereocenters. The Hall–Kier alpha value is -3.38. The van der Waals surface area contributed by atoms with E-state index in [-0.39, 0.29) is 6.03 Å². The van der Waals surface area contributed by atoms with Crippen molar-refractivity contribution in [3.63, 3.8) is 0 Å². The van der Waals surface area contributed by atoms with E-state index in [1.807, 2.05) is 12.1 Å². The van der Waals surface area contributed by atoms with E-state index in [1.165, 1.54) is 11.3 Å². The maximum Gasteiger partial charge on any atom is 0.323 e. The van der Waals surface area contributed by atoms with Crippen molar-refractivity contribution in [2.45, 2.75) is 6.42 Å². The molecule has 2 N–H and O–H groups in total. The van der Waals surface area contributed by atoms with Gasteiger partial charge in [-0.15, -0.1) is 0 Å². The average Bonchev–Trinajstić information content (AvgIpc) is 2.80. The number of hydrogen-bond donors (Lipinski definition) is 2. The molecular formula is C24H27N5O. The molecule has 0 spiro atoms. The summed E-state index contributed by atoms with van der Waals surface area (Å²) in [7, 11) is 0. The maximum absolute atomic E-state index is 12.1. The zero-order valence-electron chi connectivity index (χ0n) is 17.0. The molecule has 4 rings (SSSR count). The van der Waals surface area contributed by atoms with Gasteiger partial charge in [-0.3, -0.25) is 9.88 Å². The summed E-state index contributed by atoms with van der Waals surface area (Å²) in [5.41, 5.74) is 4.03. The highest BCUT2D eigenvalue weighted by Crippen LogP contribution is 2.16. The topological polar surface area (TPSA) is 60.5 Å². The van der Waals surface area contributed by atoms with E-state index < -0.39 is 0 Å². The zero-order chi connectivity index (χ0) is 20.6. The number of amides is 2. The van der Waals surface area contributed by atoms with E-state index in [1.54, 1.807) is 24.5 Å². The largest absolute Gasteiger partial charge is 0.369 e. The molecule has 2 aromatic carbocycles. The van der Waals surface area contributed by atoms with Gasteiger partial charge in [-0.2, -0.15) is 0 Å². The van der Waals surface area contributed by atoms with Crippen LogP contribution < -0.4 is 15.5 Å². The predicted octanol–water partition coefficient (Wildman–Crippen LogP) is 4.09. The van der Waals surface area contributed by atoms with Crippen LogP contribution in [0.3, 0.4) is 0 Å². The molecule has 0 aliphatic carbocycles. The number of carbonyl (C=O) groups is 1. The number of carbonyl (C=O) groups excluding carboxylic acids is 1. The highest BCUT2D eigenvalue weighted by atomic mass is 16.2. The smallest absolute Gasteiger partial charge is 0.323 e. The molecule has 0 bridgehead atoms. The molecular weight excluding hydrogens is 374 g/mol. The second-order valence-corrected chi connectivity index (χ2v) is 7.43. The lowest BCUT2D eigenvalue weighted by molar-refractivity contribution is 0.261. The normalized spacial score (nSPS) is 14.3. The number of piperazine rings is 1. The molecule has 1 aromatic heterocycles. The average molecular weight is 402 g/mol. The highest BCUT2D eigenvalue weighted by molar-refractivity contribution is 5.99. The number of anilines is 3. The van der Waals surface area contributed by atoms with Gasteiger partial charge in [0.1, 0.15) is 0 Å². The van der Waals surface area contributed by atoms with E-state index >= 15 is 0 Å². The monoisotopic (exact) mass is 401 g/mol. The minimum absolute atomic E-state index is 0.271. The summed E-state index contributed by atoms with van der Waals surface area (Å²) in [5, 5.41) is 5.62. The van der Waals surface area contributed by atoms with Crippen molar-refractivity contribution in [2.75, 3.05) is 48.3 Å². The third-order valence-electron chi connectivity index (χ3n) is 5.34. The van der Waals surface area contributed by atoms with Gasteiger partial charge in [0, 0.05) is 50.3 Å². The third kappa shape index (κ3) is 5.58. The first-order valence-corrected chi connectivity index (χ1v) is 10.4. The fourth-order valence-corrected chi connectivity index (χ4v) is 3.64. The standard InChI is InChI=1S/C24H27N5O/c30-24(27-22-5-4-13-25-19-22)26-21-10-8-20(9-11-21)12-14-28-15-17-29(18-16-28)23-6-2-1-3-7-23/h1-11,13,19H,12,14-18H2,(H2,26,27,30). The molecule has 6 nitrogen and oxygen atoms in total. The summed E-state index contributed by atoms with van der Waals surface area (Å²) in [6.07, 6.45) is 4.29. The molecule has 0 radical (unpaired) electrons. The van der Waals surface area contributed by atoms with Crippen LogP contribution in [0.25, 0.3) is 0 Å². The first-order valence-electron chi connectivity index (χ1n) is 10.4.